The number of nitrogens with one attached hydrogen (secondary N) is 2. The lowest BCUT2D eigenvalue weighted by atomic mass is 10.0. The number of halogens is 2. The number of rotatable bonds is 5. The standard InChI is InChI=1S/C13H21N3OS.2ClH/c1-2-12-16-10(9-18-12)6-8-15-13(17)11-5-3-4-7-14-11;;/h9,11,14H,2-8H2,1H3,(H,15,17);2*1H/t11-;;/m1../s1. The summed E-state index contributed by atoms with van der Waals surface area (Å²) in [5.74, 6) is 0.139. The van der Waals surface area contributed by atoms with Gasteiger partial charge in [0.15, 0.2) is 0 Å². The topological polar surface area (TPSA) is 54.0 Å². The maximum absolute atomic E-state index is 11.9. The summed E-state index contributed by atoms with van der Waals surface area (Å²) in [7, 11) is 0. The van der Waals surface area contributed by atoms with Crippen LogP contribution in [0.4, 0.5) is 0 Å². The predicted octanol–water partition coefficient (Wildman–Crippen LogP) is 2.35. The van der Waals surface area contributed by atoms with Crippen LogP contribution < -0.4 is 10.6 Å². The number of hydrogen-bond donors (Lipinski definition) is 2. The van der Waals surface area contributed by atoms with Crippen molar-refractivity contribution in [3.63, 3.8) is 0 Å². The third-order valence-corrected chi connectivity index (χ3v) is 4.25. The van der Waals surface area contributed by atoms with E-state index >= 15 is 0 Å². The SMILES string of the molecule is CCc1nc(CCNC(=O)[C@H]2CCCCN2)cs1.Cl.Cl. The van der Waals surface area contributed by atoms with Crippen molar-refractivity contribution < 1.29 is 4.79 Å². The summed E-state index contributed by atoms with van der Waals surface area (Å²) in [5.41, 5.74) is 1.09. The smallest absolute Gasteiger partial charge is 0.237 e. The first-order chi connectivity index (χ1) is 8.79. The second-order valence-electron chi connectivity index (χ2n) is 4.63. The molecule has 1 amide bonds. The van der Waals surface area contributed by atoms with Gasteiger partial charge in [-0.05, 0) is 25.8 Å². The normalized spacial score (nSPS) is 17.8. The Labute approximate surface area is 137 Å². The molecule has 20 heavy (non-hydrogen) atoms. The molecule has 1 aliphatic rings. The second-order valence-corrected chi connectivity index (χ2v) is 5.57. The summed E-state index contributed by atoms with van der Waals surface area (Å²) in [4.78, 5) is 16.3. The van der Waals surface area contributed by atoms with E-state index in [1.54, 1.807) is 11.3 Å². The van der Waals surface area contributed by atoms with E-state index in [-0.39, 0.29) is 36.8 Å². The number of hydrogen-bond acceptors (Lipinski definition) is 4. The van der Waals surface area contributed by atoms with E-state index in [9.17, 15) is 4.79 Å². The molecule has 0 aliphatic carbocycles. The Hall–Kier alpha value is -0.360. The number of aromatic nitrogens is 1. The molecule has 1 aliphatic heterocycles. The van der Waals surface area contributed by atoms with Gasteiger partial charge in [-0.25, -0.2) is 4.98 Å². The van der Waals surface area contributed by atoms with Gasteiger partial charge in [-0.2, -0.15) is 0 Å². The highest BCUT2D eigenvalue weighted by atomic mass is 35.5. The summed E-state index contributed by atoms with van der Waals surface area (Å²) >= 11 is 1.70. The minimum atomic E-state index is 0. The molecule has 2 N–H and O–H groups in total. The highest BCUT2D eigenvalue weighted by molar-refractivity contribution is 7.09. The van der Waals surface area contributed by atoms with Gasteiger partial charge in [0, 0.05) is 18.3 Å². The van der Waals surface area contributed by atoms with Crippen LogP contribution in [0, 0.1) is 0 Å². The van der Waals surface area contributed by atoms with Gasteiger partial charge < -0.3 is 10.6 Å². The Balaban J connectivity index is 0.00000180. The zero-order chi connectivity index (χ0) is 12.8. The van der Waals surface area contributed by atoms with Crippen LogP contribution in [-0.4, -0.2) is 30.0 Å². The van der Waals surface area contributed by atoms with Crippen molar-refractivity contribution in [3.05, 3.63) is 16.1 Å². The Morgan fingerprint density at radius 2 is 2.30 bits per heavy atom. The fourth-order valence-corrected chi connectivity index (χ4v) is 2.92. The fraction of sp³-hybridized carbons (Fsp3) is 0.692. The van der Waals surface area contributed by atoms with Crippen LogP contribution in [0.3, 0.4) is 0 Å². The number of carbonyl (C=O) groups excluding carboxylic acids is 1. The van der Waals surface area contributed by atoms with E-state index in [0.717, 1.165) is 37.9 Å². The van der Waals surface area contributed by atoms with Gasteiger partial charge in [-0.3, -0.25) is 4.79 Å². The molecule has 1 atom stereocenters. The molecular formula is C13H23Cl2N3OS. The number of nitrogens with zero attached hydrogens (tertiary/aromatic N) is 1. The molecule has 0 aromatic carbocycles. The third-order valence-electron chi connectivity index (χ3n) is 3.21. The number of thiazole rings is 1. The Morgan fingerprint density at radius 3 is 2.90 bits per heavy atom. The van der Waals surface area contributed by atoms with E-state index in [2.05, 4.69) is 27.9 Å². The lowest BCUT2D eigenvalue weighted by Crippen LogP contribution is -2.47. The van der Waals surface area contributed by atoms with Crippen molar-refractivity contribution in [2.24, 2.45) is 0 Å². The molecular weight excluding hydrogens is 317 g/mol. The van der Waals surface area contributed by atoms with Crippen molar-refractivity contribution in [2.75, 3.05) is 13.1 Å². The quantitative estimate of drug-likeness (QED) is 0.865. The van der Waals surface area contributed by atoms with Crippen LogP contribution in [0.15, 0.2) is 5.38 Å². The number of carbonyl (C=O) groups is 1. The maximum Gasteiger partial charge on any atom is 0.237 e. The van der Waals surface area contributed by atoms with Crippen LogP contribution in [0.1, 0.15) is 36.9 Å². The van der Waals surface area contributed by atoms with Gasteiger partial charge in [-0.1, -0.05) is 13.3 Å². The van der Waals surface area contributed by atoms with Crippen molar-refractivity contribution in [1.82, 2.24) is 15.6 Å². The molecule has 116 valence electrons. The first-order valence-electron chi connectivity index (χ1n) is 6.74. The molecule has 1 aromatic rings. The van der Waals surface area contributed by atoms with Gasteiger partial charge >= 0.3 is 0 Å². The molecule has 1 fully saturated rings. The molecule has 0 saturated carbocycles. The maximum atomic E-state index is 11.9. The second kappa shape index (κ2) is 10.4. The first-order valence-corrected chi connectivity index (χ1v) is 7.62. The fourth-order valence-electron chi connectivity index (χ4n) is 2.14. The van der Waals surface area contributed by atoms with Gasteiger partial charge in [0.1, 0.15) is 0 Å². The minimum absolute atomic E-state index is 0. The van der Waals surface area contributed by atoms with E-state index in [0.29, 0.717) is 6.54 Å². The van der Waals surface area contributed by atoms with E-state index in [1.807, 2.05) is 0 Å². The van der Waals surface area contributed by atoms with Crippen LogP contribution in [0.2, 0.25) is 0 Å². The molecule has 2 heterocycles. The van der Waals surface area contributed by atoms with Crippen LogP contribution in [0.25, 0.3) is 0 Å². The Morgan fingerprint density at radius 1 is 1.50 bits per heavy atom. The molecule has 2 rings (SSSR count). The van der Waals surface area contributed by atoms with Crippen molar-refractivity contribution in [1.29, 1.82) is 0 Å². The lowest BCUT2D eigenvalue weighted by Gasteiger charge is -2.22. The van der Waals surface area contributed by atoms with Gasteiger partial charge in [0.2, 0.25) is 5.91 Å². The number of piperidine rings is 1. The van der Waals surface area contributed by atoms with Gasteiger partial charge in [0.25, 0.3) is 0 Å². The molecule has 7 heteroatoms. The molecule has 0 spiro atoms. The van der Waals surface area contributed by atoms with Crippen LogP contribution in [0.5, 0.6) is 0 Å². The average molecular weight is 340 g/mol. The Kier molecular flexibility index (Phi) is 10.2. The van der Waals surface area contributed by atoms with Crippen molar-refractivity contribution >= 4 is 42.1 Å². The Bertz CT molecular complexity index is 395. The lowest BCUT2D eigenvalue weighted by molar-refractivity contribution is -0.123. The predicted molar refractivity (Wildman–Crippen MR) is 88.3 cm³/mol. The molecule has 0 bridgehead atoms. The highest BCUT2D eigenvalue weighted by Gasteiger charge is 2.19. The largest absolute Gasteiger partial charge is 0.354 e. The minimum Gasteiger partial charge on any atom is -0.354 e. The van der Waals surface area contributed by atoms with Gasteiger partial charge in [0.05, 0.1) is 16.7 Å². The summed E-state index contributed by atoms with van der Waals surface area (Å²) in [5, 5.41) is 9.51. The molecule has 1 aromatic heterocycles. The molecule has 4 nitrogen and oxygen atoms in total. The summed E-state index contributed by atoms with van der Waals surface area (Å²) in [6, 6.07) is 0.0142. The average Bonchev–Trinajstić information content (AvgIpc) is 2.87. The summed E-state index contributed by atoms with van der Waals surface area (Å²) in [6.45, 7) is 3.76. The first kappa shape index (κ1) is 19.6. The summed E-state index contributed by atoms with van der Waals surface area (Å²) in [6.07, 6.45) is 5.11. The molecule has 0 radical (unpaired) electrons. The van der Waals surface area contributed by atoms with Gasteiger partial charge in [-0.15, -0.1) is 36.2 Å². The zero-order valence-corrected chi connectivity index (χ0v) is 14.1. The molecule has 0 unspecified atom stereocenters. The summed E-state index contributed by atoms with van der Waals surface area (Å²) < 4.78 is 0. The third kappa shape index (κ3) is 5.95. The van der Waals surface area contributed by atoms with Crippen LogP contribution in [-0.2, 0) is 17.6 Å². The monoisotopic (exact) mass is 339 g/mol. The zero-order valence-electron chi connectivity index (χ0n) is 11.7. The van der Waals surface area contributed by atoms with E-state index < -0.39 is 0 Å². The van der Waals surface area contributed by atoms with E-state index in [1.165, 1.54) is 11.4 Å². The molecule has 1 saturated heterocycles. The van der Waals surface area contributed by atoms with Crippen molar-refractivity contribution in [2.45, 2.75) is 45.1 Å². The number of amides is 1. The number of aryl methyl sites for hydroxylation is 1. The van der Waals surface area contributed by atoms with Crippen LogP contribution >= 0.6 is 36.2 Å². The van der Waals surface area contributed by atoms with Crippen molar-refractivity contribution in [3.8, 4) is 0 Å². The van der Waals surface area contributed by atoms with E-state index in [4.69, 9.17) is 0 Å². The highest BCUT2D eigenvalue weighted by Crippen LogP contribution is 2.10.